The molecule has 2 unspecified atom stereocenters. The van der Waals surface area contributed by atoms with Gasteiger partial charge in [0.2, 0.25) is 0 Å². The molecule has 28 heavy (non-hydrogen) atoms. The summed E-state index contributed by atoms with van der Waals surface area (Å²) >= 11 is 0. The molecule has 1 saturated heterocycles. The Bertz CT molecular complexity index is 760. The van der Waals surface area contributed by atoms with E-state index < -0.39 is 0 Å². The van der Waals surface area contributed by atoms with Crippen molar-refractivity contribution in [3.05, 3.63) is 0 Å². The van der Waals surface area contributed by atoms with E-state index in [1.54, 1.807) is 0 Å². The zero-order chi connectivity index (χ0) is 20.1. The summed E-state index contributed by atoms with van der Waals surface area (Å²) in [4.78, 5) is 36.9. The number of fused-ring (bicyclic) bond motifs is 4. The van der Waals surface area contributed by atoms with Crippen molar-refractivity contribution in [3.63, 3.8) is 0 Å². The number of hydrogen-bond donors (Lipinski definition) is 0. The lowest BCUT2D eigenvalue weighted by Crippen LogP contribution is -2.59. The van der Waals surface area contributed by atoms with E-state index in [9.17, 15) is 14.4 Å². The Morgan fingerprint density at radius 3 is 2.64 bits per heavy atom. The zero-order valence-electron chi connectivity index (χ0n) is 17.5. The fraction of sp³-hybridized carbons (Fsp3) is 0.870. The molecule has 0 aromatic heterocycles. The highest BCUT2D eigenvalue weighted by Gasteiger charge is 2.77. The van der Waals surface area contributed by atoms with Gasteiger partial charge in [-0.05, 0) is 56.8 Å². The van der Waals surface area contributed by atoms with Gasteiger partial charge in [0.05, 0.1) is 0 Å². The van der Waals surface area contributed by atoms with Crippen LogP contribution in [0.15, 0.2) is 0 Å². The maximum Gasteiger partial charge on any atom is 0.302 e. The number of Topliss-reactive ketones (excluding diaryl/α,β-unsaturated/α-hetero) is 2. The summed E-state index contributed by atoms with van der Waals surface area (Å²) in [5.74, 6) is 1.66. The molecule has 0 radical (unpaired) electrons. The minimum absolute atomic E-state index is 0.0245. The van der Waals surface area contributed by atoms with Crippen molar-refractivity contribution in [2.24, 2.45) is 34.5 Å². The van der Waals surface area contributed by atoms with Crippen LogP contribution < -0.4 is 0 Å². The molecule has 4 aliphatic carbocycles. The van der Waals surface area contributed by atoms with Crippen molar-refractivity contribution in [2.75, 3.05) is 0 Å². The minimum Gasteiger partial charge on any atom is -0.463 e. The van der Waals surface area contributed by atoms with Gasteiger partial charge in [-0.25, -0.2) is 0 Å². The first-order valence-corrected chi connectivity index (χ1v) is 11.0. The van der Waals surface area contributed by atoms with Crippen molar-refractivity contribution >= 4 is 17.5 Å². The minimum atomic E-state index is -0.296. The van der Waals surface area contributed by atoms with Crippen molar-refractivity contribution in [1.82, 2.24) is 0 Å². The van der Waals surface area contributed by atoms with E-state index in [0.717, 1.165) is 32.1 Å². The Morgan fingerprint density at radius 1 is 1.18 bits per heavy atom. The van der Waals surface area contributed by atoms with Gasteiger partial charge < -0.3 is 9.47 Å². The lowest BCUT2D eigenvalue weighted by atomic mass is 9.44. The maximum absolute atomic E-state index is 13.1. The number of ketones is 2. The van der Waals surface area contributed by atoms with Crippen LogP contribution in [-0.4, -0.2) is 35.3 Å². The summed E-state index contributed by atoms with van der Waals surface area (Å²) in [6.07, 6.45) is 5.54. The van der Waals surface area contributed by atoms with Gasteiger partial charge in [-0.3, -0.25) is 14.4 Å². The number of rotatable bonds is 2. The quantitative estimate of drug-likeness (QED) is 0.535. The van der Waals surface area contributed by atoms with Gasteiger partial charge in [0.1, 0.15) is 23.6 Å². The molecule has 1 aliphatic heterocycles. The Morgan fingerprint density at radius 2 is 1.93 bits per heavy atom. The SMILES string of the molecule is CC(=O)OC(C)[C@@H]1CC(=O)[C@@]2(C)CC[C@H]3[C@@H](CC[C@@]45OC4C(=O)CC[C@]35C)[C@H]12. The number of esters is 1. The molecular formula is C23H32O5. The summed E-state index contributed by atoms with van der Waals surface area (Å²) in [5, 5.41) is 0. The molecule has 5 rings (SSSR count). The highest BCUT2D eigenvalue weighted by atomic mass is 16.6. The number of epoxide rings is 1. The molecule has 0 amide bonds. The molecule has 9 atom stereocenters. The van der Waals surface area contributed by atoms with Crippen LogP contribution in [0, 0.1) is 34.5 Å². The van der Waals surface area contributed by atoms with Crippen LogP contribution in [0.2, 0.25) is 0 Å². The first-order chi connectivity index (χ1) is 13.1. The average molecular weight is 389 g/mol. The van der Waals surface area contributed by atoms with E-state index in [4.69, 9.17) is 9.47 Å². The molecule has 0 N–H and O–H groups in total. The molecule has 4 saturated carbocycles. The molecule has 0 aromatic rings. The van der Waals surface area contributed by atoms with Crippen molar-refractivity contribution in [3.8, 4) is 0 Å². The second-order valence-corrected chi connectivity index (χ2v) is 10.7. The molecule has 5 heteroatoms. The molecule has 5 aliphatic rings. The van der Waals surface area contributed by atoms with Gasteiger partial charge in [-0.15, -0.1) is 0 Å². The van der Waals surface area contributed by atoms with Gasteiger partial charge in [0, 0.05) is 36.5 Å². The molecule has 1 heterocycles. The monoisotopic (exact) mass is 388 g/mol. The molecule has 0 bridgehead atoms. The molecule has 5 fully saturated rings. The fourth-order valence-corrected chi connectivity index (χ4v) is 8.24. The van der Waals surface area contributed by atoms with Crippen molar-refractivity contribution in [2.45, 2.75) is 90.4 Å². The Balaban J connectivity index is 1.50. The van der Waals surface area contributed by atoms with Crippen LogP contribution in [0.1, 0.15) is 72.6 Å². The van der Waals surface area contributed by atoms with Crippen LogP contribution in [0.4, 0.5) is 0 Å². The molecule has 0 aromatic carbocycles. The predicted molar refractivity (Wildman–Crippen MR) is 101 cm³/mol. The average Bonchev–Trinajstić information content (AvgIpc) is 3.31. The summed E-state index contributed by atoms with van der Waals surface area (Å²) in [7, 11) is 0. The van der Waals surface area contributed by atoms with E-state index >= 15 is 0 Å². The van der Waals surface area contributed by atoms with Gasteiger partial charge in [0.15, 0.2) is 5.78 Å². The van der Waals surface area contributed by atoms with E-state index in [-0.39, 0.29) is 52.2 Å². The third-order valence-corrected chi connectivity index (χ3v) is 9.67. The van der Waals surface area contributed by atoms with Crippen LogP contribution in [0.3, 0.4) is 0 Å². The third kappa shape index (κ3) is 2.15. The van der Waals surface area contributed by atoms with Crippen LogP contribution >= 0.6 is 0 Å². The summed E-state index contributed by atoms with van der Waals surface area (Å²) < 4.78 is 11.7. The van der Waals surface area contributed by atoms with Crippen LogP contribution in [-0.2, 0) is 23.9 Å². The third-order valence-electron chi connectivity index (χ3n) is 9.67. The van der Waals surface area contributed by atoms with Crippen molar-refractivity contribution < 1.29 is 23.9 Å². The Labute approximate surface area is 166 Å². The van der Waals surface area contributed by atoms with Crippen molar-refractivity contribution in [1.29, 1.82) is 0 Å². The molecule has 5 nitrogen and oxygen atoms in total. The van der Waals surface area contributed by atoms with E-state index in [2.05, 4.69) is 13.8 Å². The summed E-state index contributed by atoms with van der Waals surface area (Å²) in [5.41, 5.74) is -0.511. The molecular weight excluding hydrogens is 356 g/mol. The topological polar surface area (TPSA) is 73.0 Å². The van der Waals surface area contributed by atoms with Crippen LogP contribution in [0.5, 0.6) is 0 Å². The molecule has 1 spiro atoms. The first-order valence-electron chi connectivity index (χ1n) is 11.0. The summed E-state index contributed by atoms with van der Waals surface area (Å²) in [6.45, 7) is 7.91. The zero-order valence-corrected chi connectivity index (χ0v) is 17.5. The smallest absolute Gasteiger partial charge is 0.302 e. The Kier molecular flexibility index (Phi) is 3.81. The summed E-state index contributed by atoms with van der Waals surface area (Å²) in [6, 6.07) is 0. The van der Waals surface area contributed by atoms with Gasteiger partial charge >= 0.3 is 5.97 Å². The number of ether oxygens (including phenoxy) is 2. The maximum atomic E-state index is 13.1. The normalized spacial score (nSPS) is 52.8. The lowest BCUT2D eigenvalue weighted by molar-refractivity contribution is -0.155. The fourth-order valence-electron chi connectivity index (χ4n) is 8.24. The second-order valence-electron chi connectivity index (χ2n) is 10.7. The van der Waals surface area contributed by atoms with E-state index in [1.165, 1.54) is 6.92 Å². The largest absolute Gasteiger partial charge is 0.463 e. The van der Waals surface area contributed by atoms with Gasteiger partial charge in [-0.2, -0.15) is 0 Å². The molecule has 154 valence electrons. The highest BCUT2D eigenvalue weighted by Crippen LogP contribution is 2.72. The van der Waals surface area contributed by atoms with Gasteiger partial charge in [0.25, 0.3) is 0 Å². The standard InChI is InChI=1S/C23H32O5/c1-12(27-13(2)24)15-11-18(26)21(3)8-6-16-14(19(15)21)5-10-23-20(28-23)17(25)7-9-22(16,23)4/h12,14-16,19-20H,5-11H2,1-4H3/t12?,14-,15+,16+,19-,20?,21-,22-,23-/m1/s1. The lowest BCUT2D eigenvalue weighted by Gasteiger charge is -2.59. The number of carbonyl (C=O) groups is 3. The second kappa shape index (κ2) is 5.68. The number of carbonyl (C=O) groups excluding carboxylic acids is 3. The van der Waals surface area contributed by atoms with E-state index in [0.29, 0.717) is 30.5 Å². The van der Waals surface area contributed by atoms with Crippen LogP contribution in [0.25, 0.3) is 0 Å². The predicted octanol–water partition coefficient (Wildman–Crippen LogP) is 3.48. The Hall–Kier alpha value is -1.23. The van der Waals surface area contributed by atoms with E-state index in [1.807, 2.05) is 6.92 Å². The first kappa shape index (κ1) is 18.8. The number of hydrogen-bond acceptors (Lipinski definition) is 5. The highest BCUT2D eigenvalue weighted by molar-refractivity contribution is 5.89. The van der Waals surface area contributed by atoms with Gasteiger partial charge in [-0.1, -0.05) is 13.8 Å².